The van der Waals surface area contributed by atoms with E-state index in [1.807, 2.05) is 25.2 Å². The van der Waals surface area contributed by atoms with Crippen molar-refractivity contribution in [2.24, 2.45) is 0 Å². The smallest absolute Gasteiger partial charge is 0.257 e. The summed E-state index contributed by atoms with van der Waals surface area (Å²) in [6.07, 6.45) is 2.09. The predicted octanol–water partition coefficient (Wildman–Crippen LogP) is 2.59. The van der Waals surface area contributed by atoms with E-state index in [1.165, 1.54) is 17.0 Å². The lowest BCUT2D eigenvalue weighted by Gasteiger charge is -2.27. The number of pyridine rings is 1. The Morgan fingerprint density at radius 2 is 1.72 bits per heavy atom. The van der Waals surface area contributed by atoms with Gasteiger partial charge in [-0.25, -0.2) is 9.37 Å². The zero-order valence-corrected chi connectivity index (χ0v) is 17.0. The fraction of sp³-hybridized carbons (Fsp3) is 0.409. The molecule has 0 atom stereocenters. The number of rotatable bonds is 1. The largest absolute Gasteiger partial charge is 0.360 e. The second kappa shape index (κ2) is 9.49. The third-order valence-electron chi connectivity index (χ3n) is 5.17. The Balaban J connectivity index is 1.83. The van der Waals surface area contributed by atoms with E-state index in [0.29, 0.717) is 25.9 Å². The normalized spacial score (nSPS) is 16.5. The van der Waals surface area contributed by atoms with E-state index < -0.39 is 11.7 Å². The van der Waals surface area contributed by atoms with Gasteiger partial charge in [0.1, 0.15) is 18.2 Å². The minimum absolute atomic E-state index is 0.00850. The molecular weight excluding hydrogens is 371 g/mol. The first-order valence-corrected chi connectivity index (χ1v) is 9.90. The average Bonchev–Trinajstić information content (AvgIpc) is 2.72. The summed E-state index contributed by atoms with van der Waals surface area (Å²) < 4.78 is 14.1. The Morgan fingerprint density at radius 1 is 0.966 bits per heavy atom. The molecule has 0 spiro atoms. The van der Waals surface area contributed by atoms with Crippen molar-refractivity contribution in [2.75, 3.05) is 45.2 Å². The summed E-state index contributed by atoms with van der Waals surface area (Å²) in [4.78, 5) is 35.5. The lowest BCUT2D eigenvalue weighted by molar-refractivity contribution is -0.130. The molecule has 1 aliphatic rings. The number of hydrogen-bond donors (Lipinski definition) is 0. The lowest BCUT2D eigenvalue weighted by Crippen LogP contribution is -2.43. The van der Waals surface area contributed by atoms with Crippen LogP contribution in [0.5, 0.6) is 0 Å². The zero-order valence-electron chi connectivity index (χ0n) is 17.0. The number of hydrogen-bond acceptors (Lipinski definition) is 4. The van der Waals surface area contributed by atoms with Gasteiger partial charge in [0.05, 0.1) is 5.56 Å². The van der Waals surface area contributed by atoms with Crippen LogP contribution < -0.4 is 4.90 Å². The molecule has 29 heavy (non-hydrogen) atoms. The molecule has 0 N–H and O–H groups in total. The molecule has 2 aromatic rings. The SMILES string of the molecule is CN1CCCN(C)c2cccc(n2)CCCN(C(=O)c2ccccc2F)CC1=O. The number of anilines is 1. The Bertz CT molecular complexity index is 873. The Morgan fingerprint density at radius 3 is 2.52 bits per heavy atom. The molecule has 1 aromatic heterocycles. The number of nitrogens with zero attached hydrogens (tertiary/aromatic N) is 4. The van der Waals surface area contributed by atoms with Gasteiger partial charge < -0.3 is 14.7 Å². The molecule has 2 heterocycles. The highest BCUT2D eigenvalue weighted by Crippen LogP contribution is 2.15. The van der Waals surface area contributed by atoms with E-state index >= 15 is 0 Å². The molecule has 0 radical (unpaired) electrons. The molecule has 0 aliphatic carbocycles. The number of carbonyl (C=O) groups excluding carboxylic acids is 2. The minimum Gasteiger partial charge on any atom is -0.360 e. The zero-order chi connectivity index (χ0) is 20.8. The molecule has 0 unspecified atom stereocenters. The van der Waals surface area contributed by atoms with Crippen LogP contribution in [0.15, 0.2) is 42.5 Å². The molecular formula is C22H27FN4O2. The van der Waals surface area contributed by atoms with E-state index in [0.717, 1.165) is 24.5 Å². The van der Waals surface area contributed by atoms with Crippen LogP contribution in [0.1, 0.15) is 28.9 Å². The summed E-state index contributed by atoms with van der Waals surface area (Å²) >= 11 is 0. The van der Waals surface area contributed by atoms with Gasteiger partial charge in [0.25, 0.3) is 5.91 Å². The molecule has 2 bridgehead atoms. The van der Waals surface area contributed by atoms with E-state index in [4.69, 9.17) is 4.98 Å². The van der Waals surface area contributed by atoms with E-state index in [-0.39, 0.29) is 18.0 Å². The van der Waals surface area contributed by atoms with Crippen molar-refractivity contribution in [3.8, 4) is 0 Å². The van der Waals surface area contributed by atoms with E-state index in [9.17, 15) is 14.0 Å². The maximum atomic E-state index is 14.1. The van der Waals surface area contributed by atoms with Crippen LogP contribution in [0.4, 0.5) is 10.2 Å². The summed E-state index contributed by atoms with van der Waals surface area (Å²) in [5.74, 6) is -0.285. The third kappa shape index (κ3) is 5.31. The van der Waals surface area contributed by atoms with Crippen molar-refractivity contribution in [2.45, 2.75) is 19.3 Å². The van der Waals surface area contributed by atoms with E-state index in [1.54, 1.807) is 24.1 Å². The van der Waals surface area contributed by atoms with Gasteiger partial charge in [-0.15, -0.1) is 0 Å². The van der Waals surface area contributed by atoms with Crippen LogP contribution >= 0.6 is 0 Å². The van der Waals surface area contributed by atoms with Crippen molar-refractivity contribution in [1.29, 1.82) is 0 Å². The topological polar surface area (TPSA) is 56.8 Å². The van der Waals surface area contributed by atoms with Crippen LogP contribution in [0.25, 0.3) is 0 Å². The van der Waals surface area contributed by atoms with Crippen molar-refractivity contribution >= 4 is 17.6 Å². The van der Waals surface area contributed by atoms with Gasteiger partial charge in [0.2, 0.25) is 5.91 Å². The lowest BCUT2D eigenvalue weighted by atomic mass is 10.1. The van der Waals surface area contributed by atoms with Crippen LogP contribution in [0.2, 0.25) is 0 Å². The monoisotopic (exact) mass is 398 g/mol. The number of carbonyl (C=O) groups is 2. The first kappa shape index (κ1) is 20.8. The summed E-state index contributed by atoms with van der Waals surface area (Å²) in [6.45, 7) is 1.64. The van der Waals surface area contributed by atoms with Crippen molar-refractivity contribution in [1.82, 2.24) is 14.8 Å². The number of aryl methyl sites for hydroxylation is 1. The fourth-order valence-corrected chi connectivity index (χ4v) is 3.40. The van der Waals surface area contributed by atoms with E-state index in [2.05, 4.69) is 4.90 Å². The first-order chi connectivity index (χ1) is 14.0. The van der Waals surface area contributed by atoms with Crippen molar-refractivity contribution < 1.29 is 14.0 Å². The summed E-state index contributed by atoms with van der Waals surface area (Å²) in [7, 11) is 3.73. The summed E-state index contributed by atoms with van der Waals surface area (Å²) in [5, 5.41) is 0. The third-order valence-corrected chi connectivity index (χ3v) is 5.17. The Kier molecular flexibility index (Phi) is 6.80. The number of amides is 2. The van der Waals surface area contributed by atoms with Crippen molar-refractivity contribution in [3.05, 3.63) is 59.5 Å². The Labute approximate surface area is 170 Å². The number of halogens is 1. The molecule has 3 rings (SSSR count). The van der Waals surface area contributed by atoms with Gasteiger partial charge in [-0.05, 0) is 43.5 Å². The minimum atomic E-state index is -0.574. The highest BCUT2D eigenvalue weighted by atomic mass is 19.1. The standard InChI is InChI=1S/C22H27FN4O2/c1-25-13-7-14-26(2)21(28)16-27(22(29)18-10-3-4-11-19(18)23)15-6-9-17-8-5-12-20(25)24-17/h3-5,8,10-12H,6-7,9,13-16H2,1-2H3. The van der Waals surface area contributed by atoms with Gasteiger partial charge >= 0.3 is 0 Å². The molecule has 0 fully saturated rings. The first-order valence-electron chi connectivity index (χ1n) is 9.90. The maximum absolute atomic E-state index is 14.1. The Hall–Kier alpha value is -2.96. The second-order valence-electron chi connectivity index (χ2n) is 7.39. The number of benzene rings is 1. The highest BCUT2D eigenvalue weighted by molar-refractivity contribution is 5.96. The van der Waals surface area contributed by atoms with Gasteiger partial charge in [-0.2, -0.15) is 0 Å². The molecule has 154 valence electrons. The van der Waals surface area contributed by atoms with Crippen LogP contribution in [-0.2, 0) is 11.2 Å². The molecule has 7 heteroatoms. The molecule has 6 nitrogen and oxygen atoms in total. The van der Waals surface area contributed by atoms with Crippen LogP contribution in [-0.4, -0.2) is 66.9 Å². The summed E-state index contributed by atoms with van der Waals surface area (Å²) in [6, 6.07) is 11.8. The predicted molar refractivity (Wildman–Crippen MR) is 110 cm³/mol. The quantitative estimate of drug-likeness (QED) is 0.741. The molecule has 1 aromatic carbocycles. The number of likely N-dealkylation sites (N-methyl/N-ethyl adjacent to an activating group) is 1. The van der Waals surface area contributed by atoms with Crippen molar-refractivity contribution in [3.63, 3.8) is 0 Å². The molecule has 1 aliphatic heterocycles. The number of aromatic nitrogens is 1. The molecule has 0 saturated carbocycles. The van der Waals surface area contributed by atoms with Crippen LogP contribution in [0.3, 0.4) is 0 Å². The van der Waals surface area contributed by atoms with Crippen LogP contribution in [0, 0.1) is 5.82 Å². The van der Waals surface area contributed by atoms with Gasteiger partial charge in [0.15, 0.2) is 0 Å². The fourth-order valence-electron chi connectivity index (χ4n) is 3.40. The maximum Gasteiger partial charge on any atom is 0.257 e. The molecule has 2 amide bonds. The molecule has 0 saturated heterocycles. The highest BCUT2D eigenvalue weighted by Gasteiger charge is 2.23. The average molecular weight is 398 g/mol. The second-order valence-corrected chi connectivity index (χ2v) is 7.39. The van der Waals surface area contributed by atoms with Gasteiger partial charge in [-0.3, -0.25) is 9.59 Å². The van der Waals surface area contributed by atoms with Gasteiger partial charge in [-0.1, -0.05) is 18.2 Å². The number of fused-ring (bicyclic) bond motifs is 2. The summed E-state index contributed by atoms with van der Waals surface area (Å²) in [5.41, 5.74) is 0.930. The van der Waals surface area contributed by atoms with Gasteiger partial charge in [0, 0.05) is 39.4 Å².